The third kappa shape index (κ3) is 7.85. The van der Waals surface area contributed by atoms with Crippen LogP contribution in [0.2, 0.25) is 0 Å². The molecule has 2 N–H and O–H groups in total. The predicted octanol–water partition coefficient (Wildman–Crippen LogP) is 2.09. The molecule has 0 aliphatic rings. The molecule has 0 aliphatic heterocycles. The van der Waals surface area contributed by atoms with Gasteiger partial charge in [0.05, 0.1) is 35.3 Å². The highest BCUT2D eigenvalue weighted by molar-refractivity contribution is 7.92. The molecular weight excluding hydrogens is 598 g/mol. The minimum absolute atomic E-state index is 0.0774. The zero-order valence-corrected chi connectivity index (χ0v) is 25.3. The highest BCUT2D eigenvalue weighted by Crippen LogP contribution is 2.37. The van der Waals surface area contributed by atoms with E-state index in [4.69, 9.17) is 13.9 Å². The number of hydrogen-bond donors (Lipinski definition) is 2. The van der Waals surface area contributed by atoms with Crippen molar-refractivity contribution >= 4 is 47.7 Å². The number of hydrogen-bond acceptors (Lipinski definition) is 13. The molecule has 0 spiro atoms. The van der Waals surface area contributed by atoms with E-state index in [1.165, 1.54) is 7.11 Å². The number of ether oxygens (including phenoxy) is 2. The number of aromatic nitrogens is 5. The lowest BCUT2D eigenvalue weighted by Gasteiger charge is -2.19. The molecule has 222 valence electrons. The molecule has 0 radical (unpaired) electrons. The average Bonchev–Trinajstić information content (AvgIpc) is 3.59. The number of carbonyl (C=O) groups excluding carboxylic acids is 1. The molecule has 0 saturated carbocycles. The summed E-state index contributed by atoms with van der Waals surface area (Å²) in [6.07, 6.45) is 2.40. The summed E-state index contributed by atoms with van der Waals surface area (Å²) in [4.78, 5) is 16.4. The number of benzene rings is 1. The molecule has 1 aromatic carbocycles. The molecule has 1 atom stereocenters. The monoisotopic (exact) mass is 627 g/mol. The summed E-state index contributed by atoms with van der Waals surface area (Å²) in [6, 6.07) is 5.53. The lowest BCUT2D eigenvalue weighted by Crippen LogP contribution is -2.42. The standard InChI is InChI=1S/C23H29N7O8S3/c1-23(2,3)38-22(31)29-41(34,35)25-12-18-27-28-20(37-18)19(40(32,33)9-8-36-5)21-26-16-7-6-14(10-17(16)39-21)15-11-24-30(4)13-15/h6-7,10-11,13,19,25H,8-9,12H2,1-5H3,(H,29,31). The Bertz CT molecular complexity index is 1750. The normalized spacial score (nSPS) is 13.4. The summed E-state index contributed by atoms with van der Waals surface area (Å²) in [5.41, 5.74) is 1.43. The summed E-state index contributed by atoms with van der Waals surface area (Å²) >= 11 is 1.16. The Hall–Kier alpha value is -3.45. The van der Waals surface area contributed by atoms with Gasteiger partial charge in [0.2, 0.25) is 11.8 Å². The van der Waals surface area contributed by atoms with Gasteiger partial charge in [-0.25, -0.2) is 22.9 Å². The van der Waals surface area contributed by atoms with Gasteiger partial charge in [0.15, 0.2) is 15.1 Å². The first kappa shape index (κ1) is 30.5. The van der Waals surface area contributed by atoms with Crippen LogP contribution in [0.5, 0.6) is 0 Å². The van der Waals surface area contributed by atoms with Gasteiger partial charge in [-0.3, -0.25) is 4.68 Å². The second-order valence-electron chi connectivity index (χ2n) is 9.84. The third-order valence-corrected chi connectivity index (χ3v) is 9.41. The van der Waals surface area contributed by atoms with E-state index in [1.54, 1.807) is 42.4 Å². The quantitative estimate of drug-likeness (QED) is 0.246. The fraction of sp³-hybridized carbons (Fsp3) is 0.435. The molecule has 4 rings (SSSR count). The van der Waals surface area contributed by atoms with Crippen molar-refractivity contribution in [2.75, 3.05) is 19.5 Å². The van der Waals surface area contributed by atoms with Crippen LogP contribution in [0.1, 0.15) is 42.8 Å². The second kappa shape index (κ2) is 11.8. The van der Waals surface area contributed by atoms with Crippen LogP contribution in [0.4, 0.5) is 4.79 Å². The van der Waals surface area contributed by atoms with E-state index in [1.807, 2.05) is 25.4 Å². The second-order valence-corrected chi connectivity index (χ2v) is 14.6. The van der Waals surface area contributed by atoms with Crippen molar-refractivity contribution in [3.05, 3.63) is 47.4 Å². The van der Waals surface area contributed by atoms with Gasteiger partial charge in [-0.05, 0) is 38.5 Å². The molecule has 0 bridgehead atoms. The molecule has 18 heteroatoms. The van der Waals surface area contributed by atoms with Gasteiger partial charge in [0.25, 0.3) is 0 Å². The summed E-state index contributed by atoms with van der Waals surface area (Å²) in [5, 5.41) is 10.6. The highest BCUT2D eigenvalue weighted by Gasteiger charge is 2.37. The van der Waals surface area contributed by atoms with Crippen LogP contribution in [0.3, 0.4) is 0 Å². The number of rotatable bonds is 11. The number of nitrogens with zero attached hydrogens (tertiary/aromatic N) is 5. The van der Waals surface area contributed by atoms with Crippen LogP contribution >= 0.6 is 11.3 Å². The largest absolute Gasteiger partial charge is 0.443 e. The van der Waals surface area contributed by atoms with Gasteiger partial charge < -0.3 is 13.9 Å². The molecule has 0 aliphatic carbocycles. The van der Waals surface area contributed by atoms with Crippen molar-refractivity contribution in [2.24, 2.45) is 7.05 Å². The number of fused-ring (bicyclic) bond motifs is 1. The Labute approximate surface area is 240 Å². The number of nitrogens with one attached hydrogen (secondary N) is 2. The fourth-order valence-electron chi connectivity index (χ4n) is 3.58. The molecule has 15 nitrogen and oxygen atoms in total. The number of amides is 1. The van der Waals surface area contributed by atoms with Crippen LogP contribution < -0.4 is 9.44 Å². The minimum Gasteiger partial charge on any atom is -0.443 e. The van der Waals surface area contributed by atoms with E-state index in [0.717, 1.165) is 27.2 Å². The molecule has 1 unspecified atom stereocenters. The molecule has 0 fully saturated rings. The summed E-state index contributed by atoms with van der Waals surface area (Å²) in [5.74, 6) is -0.877. The van der Waals surface area contributed by atoms with Gasteiger partial charge in [0, 0.05) is 25.9 Å². The van der Waals surface area contributed by atoms with Crippen LogP contribution in [0.15, 0.2) is 35.0 Å². The van der Waals surface area contributed by atoms with E-state index in [2.05, 4.69) is 25.0 Å². The van der Waals surface area contributed by atoms with Crippen LogP contribution in [0.25, 0.3) is 21.3 Å². The molecule has 0 saturated heterocycles. The first-order valence-electron chi connectivity index (χ1n) is 12.1. The van der Waals surface area contributed by atoms with E-state index in [9.17, 15) is 21.6 Å². The van der Waals surface area contributed by atoms with Crippen molar-refractivity contribution in [3.8, 4) is 11.1 Å². The van der Waals surface area contributed by atoms with Crippen molar-refractivity contribution in [3.63, 3.8) is 0 Å². The van der Waals surface area contributed by atoms with E-state index < -0.39 is 43.5 Å². The maximum atomic E-state index is 13.4. The SMILES string of the molecule is COCCS(=O)(=O)C(c1nnc(CNS(=O)(=O)NC(=O)OC(C)(C)C)o1)c1nc2ccc(-c3cnn(C)c3)cc2s1. The van der Waals surface area contributed by atoms with Gasteiger partial charge in [-0.15, -0.1) is 21.5 Å². The van der Waals surface area contributed by atoms with Gasteiger partial charge in [0.1, 0.15) is 10.6 Å². The van der Waals surface area contributed by atoms with Crippen molar-refractivity contribution in [1.29, 1.82) is 0 Å². The van der Waals surface area contributed by atoms with Gasteiger partial charge >= 0.3 is 16.3 Å². The summed E-state index contributed by atoms with van der Waals surface area (Å²) < 4.78 is 72.9. The number of carbonyl (C=O) groups is 1. The molecule has 1 amide bonds. The maximum Gasteiger partial charge on any atom is 0.422 e. The number of sulfone groups is 1. The van der Waals surface area contributed by atoms with Crippen molar-refractivity contribution in [1.82, 2.24) is 34.4 Å². The molecule has 3 aromatic heterocycles. The first-order valence-corrected chi connectivity index (χ1v) is 16.1. The highest BCUT2D eigenvalue weighted by atomic mass is 32.2. The van der Waals surface area contributed by atoms with Gasteiger partial charge in [-0.2, -0.15) is 18.2 Å². The Morgan fingerprint density at radius 1 is 1.17 bits per heavy atom. The molecule has 4 aromatic rings. The molecule has 41 heavy (non-hydrogen) atoms. The van der Waals surface area contributed by atoms with Crippen LogP contribution in [0, 0.1) is 0 Å². The van der Waals surface area contributed by atoms with Crippen molar-refractivity contribution < 1.29 is 35.5 Å². The number of methoxy groups -OCH3 is 1. The van der Waals surface area contributed by atoms with E-state index in [0.29, 0.717) is 5.52 Å². The average molecular weight is 628 g/mol. The van der Waals surface area contributed by atoms with E-state index >= 15 is 0 Å². The zero-order chi connectivity index (χ0) is 30.0. The van der Waals surface area contributed by atoms with E-state index in [-0.39, 0.29) is 29.1 Å². The molecule has 3 heterocycles. The fourth-order valence-corrected chi connectivity index (χ4v) is 7.19. The summed E-state index contributed by atoms with van der Waals surface area (Å²) in [7, 11) is -5.12. The Morgan fingerprint density at radius 3 is 2.59 bits per heavy atom. The summed E-state index contributed by atoms with van der Waals surface area (Å²) in [6.45, 7) is 4.13. The predicted molar refractivity (Wildman–Crippen MR) is 149 cm³/mol. The molecular formula is C23H29N7O8S3. The maximum absolute atomic E-state index is 13.4. The van der Waals surface area contributed by atoms with Gasteiger partial charge in [-0.1, -0.05) is 6.07 Å². The lowest BCUT2D eigenvalue weighted by atomic mass is 10.1. The van der Waals surface area contributed by atoms with Crippen molar-refractivity contribution in [2.45, 2.75) is 38.2 Å². The number of aryl methyl sites for hydroxylation is 1. The smallest absolute Gasteiger partial charge is 0.422 e. The first-order chi connectivity index (χ1) is 19.2. The zero-order valence-electron chi connectivity index (χ0n) is 22.8. The minimum atomic E-state index is -4.35. The van der Waals surface area contributed by atoms with Crippen LogP contribution in [-0.2, 0) is 43.1 Å². The Balaban J connectivity index is 1.60. The third-order valence-electron chi connectivity index (χ3n) is 5.34. The Kier molecular flexibility index (Phi) is 8.78. The number of thiazole rings is 1. The lowest BCUT2D eigenvalue weighted by molar-refractivity contribution is 0.0569. The Morgan fingerprint density at radius 2 is 1.93 bits per heavy atom. The topological polar surface area (TPSA) is 197 Å². The van der Waals surface area contributed by atoms with Crippen LogP contribution in [-0.4, -0.2) is 73.0 Å².